The molecular weight excluding hydrogens is 274 g/mol. The highest BCUT2D eigenvalue weighted by Gasteiger charge is 2.33. The molecule has 19 heavy (non-hydrogen) atoms. The monoisotopic (exact) mass is 293 g/mol. The molecule has 3 N–H and O–H groups in total. The number of carboxylic acids is 1. The van der Waals surface area contributed by atoms with Crippen LogP contribution in [0.15, 0.2) is 0 Å². The molecular formula is C10H19N3O5S. The first-order valence-electron chi connectivity index (χ1n) is 5.92. The smallest absolute Gasteiger partial charge is 0.326 e. The number of carbonyl (C=O) groups excluding carboxylic acids is 1. The van der Waals surface area contributed by atoms with E-state index < -0.39 is 22.2 Å². The summed E-state index contributed by atoms with van der Waals surface area (Å²) in [6, 6.07) is -0.899. The quantitative estimate of drug-likeness (QED) is 0.676. The first-order valence-corrected chi connectivity index (χ1v) is 7.42. The number of likely N-dealkylation sites (N-methyl/N-ethyl adjacent to an activating group) is 1. The second-order valence-electron chi connectivity index (χ2n) is 4.68. The van der Waals surface area contributed by atoms with Crippen molar-refractivity contribution in [2.45, 2.75) is 25.8 Å². The van der Waals surface area contributed by atoms with E-state index in [2.05, 4.69) is 0 Å². The van der Waals surface area contributed by atoms with Crippen LogP contribution >= 0.6 is 0 Å². The third-order valence-electron chi connectivity index (χ3n) is 3.45. The Hall–Kier alpha value is -1.19. The fraction of sp³-hybridized carbons (Fsp3) is 0.800. The van der Waals surface area contributed by atoms with Gasteiger partial charge in [-0.1, -0.05) is 0 Å². The molecule has 110 valence electrons. The summed E-state index contributed by atoms with van der Waals surface area (Å²) < 4.78 is 23.4. The van der Waals surface area contributed by atoms with Gasteiger partial charge in [0.25, 0.3) is 10.2 Å². The second kappa shape index (κ2) is 5.85. The van der Waals surface area contributed by atoms with Gasteiger partial charge in [0.1, 0.15) is 6.04 Å². The highest BCUT2D eigenvalue weighted by molar-refractivity contribution is 7.86. The number of hydrogen-bond donors (Lipinski definition) is 2. The average molecular weight is 293 g/mol. The van der Waals surface area contributed by atoms with E-state index in [0.717, 1.165) is 4.31 Å². The SMILES string of the molecule is CC(C(=O)O)N(C)C(=O)C1CCN(S(N)(=O)=O)CC1. The minimum absolute atomic E-state index is 0.185. The van der Waals surface area contributed by atoms with Crippen molar-refractivity contribution in [3.05, 3.63) is 0 Å². The molecule has 1 rings (SSSR count). The highest BCUT2D eigenvalue weighted by atomic mass is 32.2. The summed E-state index contributed by atoms with van der Waals surface area (Å²) in [5, 5.41) is 13.9. The van der Waals surface area contributed by atoms with Crippen molar-refractivity contribution in [1.29, 1.82) is 0 Å². The highest BCUT2D eigenvalue weighted by Crippen LogP contribution is 2.21. The van der Waals surface area contributed by atoms with Crippen LogP contribution in [0.3, 0.4) is 0 Å². The first-order chi connectivity index (χ1) is 8.64. The van der Waals surface area contributed by atoms with Crippen LogP contribution in [-0.2, 0) is 19.8 Å². The Kier molecular flexibility index (Phi) is 4.88. The number of nitrogens with zero attached hydrogens (tertiary/aromatic N) is 2. The van der Waals surface area contributed by atoms with Gasteiger partial charge in [0.2, 0.25) is 5.91 Å². The molecule has 0 spiro atoms. The number of rotatable bonds is 4. The van der Waals surface area contributed by atoms with Crippen LogP contribution in [0.25, 0.3) is 0 Å². The van der Waals surface area contributed by atoms with E-state index in [-0.39, 0.29) is 24.9 Å². The predicted octanol–water partition coefficient (Wildman–Crippen LogP) is -1.17. The van der Waals surface area contributed by atoms with E-state index >= 15 is 0 Å². The summed E-state index contributed by atoms with van der Waals surface area (Å²) in [7, 11) is -2.27. The van der Waals surface area contributed by atoms with Crippen molar-refractivity contribution in [3.8, 4) is 0 Å². The largest absolute Gasteiger partial charge is 0.480 e. The fourth-order valence-electron chi connectivity index (χ4n) is 2.00. The topological polar surface area (TPSA) is 121 Å². The van der Waals surface area contributed by atoms with Gasteiger partial charge in [0.15, 0.2) is 0 Å². The third kappa shape index (κ3) is 3.88. The van der Waals surface area contributed by atoms with Gasteiger partial charge in [0.05, 0.1) is 0 Å². The van der Waals surface area contributed by atoms with Crippen molar-refractivity contribution in [2.24, 2.45) is 11.1 Å². The van der Waals surface area contributed by atoms with Crippen LogP contribution in [-0.4, -0.2) is 60.8 Å². The van der Waals surface area contributed by atoms with Crippen LogP contribution in [0.2, 0.25) is 0 Å². The fourth-order valence-corrected chi connectivity index (χ4v) is 2.72. The van der Waals surface area contributed by atoms with Gasteiger partial charge in [0, 0.05) is 26.1 Å². The summed E-state index contributed by atoms with van der Waals surface area (Å²) in [5.41, 5.74) is 0. The van der Waals surface area contributed by atoms with Crippen molar-refractivity contribution >= 4 is 22.1 Å². The lowest BCUT2D eigenvalue weighted by Gasteiger charge is -2.32. The number of amides is 1. The number of nitrogens with two attached hydrogens (primary N) is 1. The maximum Gasteiger partial charge on any atom is 0.326 e. The lowest BCUT2D eigenvalue weighted by molar-refractivity contribution is -0.150. The molecule has 1 fully saturated rings. The van der Waals surface area contributed by atoms with E-state index in [1.54, 1.807) is 0 Å². The van der Waals surface area contributed by atoms with Crippen LogP contribution in [0.4, 0.5) is 0 Å². The summed E-state index contributed by atoms with van der Waals surface area (Å²) in [4.78, 5) is 24.1. The Morgan fingerprint density at radius 1 is 1.37 bits per heavy atom. The number of hydrogen-bond acceptors (Lipinski definition) is 4. The van der Waals surface area contributed by atoms with Gasteiger partial charge in [-0.05, 0) is 19.8 Å². The molecule has 0 aromatic carbocycles. The third-order valence-corrected chi connectivity index (χ3v) is 4.53. The van der Waals surface area contributed by atoms with Crippen molar-refractivity contribution in [2.75, 3.05) is 20.1 Å². The summed E-state index contributed by atoms with van der Waals surface area (Å²) >= 11 is 0. The summed E-state index contributed by atoms with van der Waals surface area (Å²) in [6.45, 7) is 1.80. The van der Waals surface area contributed by atoms with Gasteiger partial charge in [-0.25, -0.2) is 9.93 Å². The Bertz CT molecular complexity index is 456. The molecule has 1 amide bonds. The Morgan fingerprint density at radius 3 is 2.21 bits per heavy atom. The molecule has 1 aliphatic rings. The molecule has 9 heteroatoms. The molecule has 0 radical (unpaired) electrons. The molecule has 0 aliphatic carbocycles. The molecule has 0 bridgehead atoms. The van der Waals surface area contributed by atoms with Crippen molar-refractivity contribution in [1.82, 2.24) is 9.21 Å². The minimum Gasteiger partial charge on any atom is -0.480 e. The van der Waals surface area contributed by atoms with E-state index in [1.807, 2.05) is 0 Å². The standard InChI is InChI=1S/C10H19N3O5S/c1-7(10(15)16)12(2)9(14)8-3-5-13(6-4-8)19(11,17)18/h7-8H,3-6H2,1-2H3,(H,15,16)(H2,11,17,18). The molecule has 1 unspecified atom stereocenters. The molecule has 0 saturated carbocycles. The average Bonchev–Trinajstić information content (AvgIpc) is 2.35. The Balaban J connectivity index is 2.61. The maximum absolute atomic E-state index is 12.1. The number of carboxylic acid groups (broad SMARTS) is 1. The first kappa shape index (κ1) is 15.9. The van der Waals surface area contributed by atoms with Crippen LogP contribution < -0.4 is 5.14 Å². The van der Waals surface area contributed by atoms with Gasteiger partial charge < -0.3 is 10.0 Å². The van der Waals surface area contributed by atoms with Crippen molar-refractivity contribution in [3.63, 3.8) is 0 Å². The Labute approximate surface area is 112 Å². The van der Waals surface area contributed by atoms with Gasteiger partial charge in [-0.3, -0.25) is 4.79 Å². The van der Waals surface area contributed by atoms with Crippen LogP contribution in [0.1, 0.15) is 19.8 Å². The zero-order valence-electron chi connectivity index (χ0n) is 10.9. The van der Waals surface area contributed by atoms with E-state index in [1.165, 1.54) is 18.9 Å². The molecule has 1 aliphatic heterocycles. The number of aliphatic carboxylic acids is 1. The number of carbonyl (C=O) groups is 2. The van der Waals surface area contributed by atoms with E-state index in [0.29, 0.717) is 12.8 Å². The van der Waals surface area contributed by atoms with Crippen molar-refractivity contribution < 1.29 is 23.1 Å². The normalized spacial score (nSPS) is 19.9. The molecule has 1 saturated heterocycles. The van der Waals surface area contributed by atoms with Gasteiger partial charge >= 0.3 is 5.97 Å². The molecule has 1 atom stereocenters. The Morgan fingerprint density at radius 2 is 1.84 bits per heavy atom. The van der Waals surface area contributed by atoms with Crippen LogP contribution in [0, 0.1) is 5.92 Å². The van der Waals surface area contributed by atoms with E-state index in [4.69, 9.17) is 10.2 Å². The lowest BCUT2D eigenvalue weighted by atomic mass is 9.96. The van der Waals surface area contributed by atoms with E-state index in [9.17, 15) is 18.0 Å². The molecule has 0 aromatic rings. The number of piperidine rings is 1. The lowest BCUT2D eigenvalue weighted by Crippen LogP contribution is -2.48. The minimum atomic E-state index is -3.71. The molecule has 0 aromatic heterocycles. The maximum atomic E-state index is 12.1. The summed E-state index contributed by atoms with van der Waals surface area (Å²) in [6.07, 6.45) is 0.706. The predicted molar refractivity (Wildman–Crippen MR) is 67.3 cm³/mol. The van der Waals surface area contributed by atoms with Crippen LogP contribution in [0.5, 0.6) is 0 Å². The summed E-state index contributed by atoms with van der Waals surface area (Å²) in [5.74, 6) is -1.70. The molecule has 1 heterocycles. The molecule has 8 nitrogen and oxygen atoms in total. The van der Waals surface area contributed by atoms with Gasteiger partial charge in [-0.2, -0.15) is 12.7 Å². The zero-order valence-corrected chi connectivity index (χ0v) is 11.8. The zero-order chi connectivity index (χ0) is 14.8. The second-order valence-corrected chi connectivity index (χ2v) is 6.23. The van der Waals surface area contributed by atoms with Gasteiger partial charge in [-0.15, -0.1) is 0 Å².